The summed E-state index contributed by atoms with van der Waals surface area (Å²) in [6.45, 7) is 5.72. The van der Waals surface area contributed by atoms with Gasteiger partial charge in [-0.15, -0.1) is 0 Å². The van der Waals surface area contributed by atoms with Gasteiger partial charge in [-0.2, -0.15) is 6.42 Å². The van der Waals surface area contributed by atoms with Crippen LogP contribution in [0.2, 0.25) is 10.0 Å². The minimum Gasteiger partial charge on any atom is -0.494 e. The summed E-state index contributed by atoms with van der Waals surface area (Å²) in [6, 6.07) is 3.14. The number of unbranched alkanes of at least 4 members (excludes halogenated alkanes) is 1. The van der Waals surface area contributed by atoms with Gasteiger partial charge < -0.3 is 11.7 Å². The van der Waals surface area contributed by atoms with Crippen LogP contribution >= 0.6 is 32.4 Å². The summed E-state index contributed by atoms with van der Waals surface area (Å²) < 4.78 is 4.97. The SMILES string of the molecule is COc1c(Cl)ccc(Cl)c1C(=O)P.[CH2-]CCC.[Li+]. The van der Waals surface area contributed by atoms with Gasteiger partial charge in [0.1, 0.15) is 5.75 Å². The summed E-state index contributed by atoms with van der Waals surface area (Å²) in [5, 5.41) is 0.707. The van der Waals surface area contributed by atoms with E-state index in [2.05, 4.69) is 13.8 Å². The maximum absolute atomic E-state index is 11.1. The van der Waals surface area contributed by atoms with E-state index in [1.807, 2.05) is 9.24 Å². The number of rotatable bonds is 3. The van der Waals surface area contributed by atoms with Crippen LogP contribution in [0.15, 0.2) is 12.1 Å². The summed E-state index contributed by atoms with van der Waals surface area (Å²) in [4.78, 5) is 11.1. The van der Waals surface area contributed by atoms with Crippen LogP contribution in [0.4, 0.5) is 0 Å². The van der Waals surface area contributed by atoms with E-state index in [-0.39, 0.29) is 24.4 Å². The van der Waals surface area contributed by atoms with Gasteiger partial charge in [-0.3, -0.25) is 4.79 Å². The number of carbonyl (C=O) groups is 1. The standard InChI is InChI=1S/C8H7Cl2O2P.C4H9.Li/c1-12-7-5(10)3-2-4(9)6(7)8(11)13;1-3-4-2;/h2-3H,13H2,1H3;1,3-4H2,2H3;/q;-1;+1. The molecule has 0 saturated heterocycles. The number of halogens is 2. The second-order valence-corrected chi connectivity index (χ2v) is 4.49. The molecular formula is C12H16Cl2LiO2P. The van der Waals surface area contributed by atoms with Crippen LogP contribution in [0.25, 0.3) is 0 Å². The fraction of sp³-hybridized carbons (Fsp3) is 0.333. The van der Waals surface area contributed by atoms with Crippen molar-refractivity contribution in [3.63, 3.8) is 0 Å². The Labute approximate surface area is 133 Å². The Kier molecular flexibility index (Phi) is 12.8. The molecule has 0 amide bonds. The number of hydrogen-bond acceptors (Lipinski definition) is 2. The number of methoxy groups -OCH3 is 1. The van der Waals surface area contributed by atoms with Gasteiger partial charge in [0, 0.05) is 0 Å². The van der Waals surface area contributed by atoms with E-state index in [1.165, 1.54) is 13.5 Å². The second kappa shape index (κ2) is 11.2. The molecule has 0 N–H and O–H groups in total. The van der Waals surface area contributed by atoms with Crippen LogP contribution in [0.5, 0.6) is 5.75 Å². The van der Waals surface area contributed by atoms with Gasteiger partial charge in [-0.25, -0.2) is 0 Å². The summed E-state index contributed by atoms with van der Waals surface area (Å²) in [5.41, 5.74) is 0.0472. The molecule has 1 aromatic rings. The summed E-state index contributed by atoms with van der Waals surface area (Å²) in [6.07, 6.45) is 2.28. The van der Waals surface area contributed by atoms with Gasteiger partial charge in [0.25, 0.3) is 0 Å². The first-order valence-corrected chi connectivity index (χ1v) is 6.43. The Hall–Kier alpha value is 0.297. The molecule has 0 aliphatic carbocycles. The van der Waals surface area contributed by atoms with E-state index in [0.717, 1.165) is 6.42 Å². The van der Waals surface area contributed by atoms with E-state index < -0.39 is 0 Å². The van der Waals surface area contributed by atoms with Crippen molar-refractivity contribution in [3.8, 4) is 5.75 Å². The van der Waals surface area contributed by atoms with Crippen molar-refractivity contribution < 1.29 is 28.4 Å². The third-order valence-corrected chi connectivity index (χ3v) is 2.76. The topological polar surface area (TPSA) is 26.3 Å². The van der Waals surface area contributed by atoms with Crippen LogP contribution < -0.4 is 23.6 Å². The van der Waals surface area contributed by atoms with E-state index >= 15 is 0 Å². The molecule has 0 fully saturated rings. The number of ether oxygens (including phenoxy) is 1. The van der Waals surface area contributed by atoms with Gasteiger partial charge in [-0.05, 0) is 12.1 Å². The van der Waals surface area contributed by atoms with Crippen LogP contribution in [0.3, 0.4) is 0 Å². The van der Waals surface area contributed by atoms with Crippen LogP contribution in [0.1, 0.15) is 30.1 Å². The predicted molar refractivity (Wildman–Crippen MR) is 77.3 cm³/mol. The monoisotopic (exact) mass is 300 g/mol. The Balaban J connectivity index is 0. The molecule has 0 aliphatic heterocycles. The van der Waals surface area contributed by atoms with E-state index in [1.54, 1.807) is 12.1 Å². The molecule has 96 valence electrons. The Morgan fingerprint density at radius 2 is 1.83 bits per heavy atom. The van der Waals surface area contributed by atoms with E-state index in [4.69, 9.17) is 27.9 Å². The van der Waals surface area contributed by atoms with Crippen molar-refractivity contribution in [2.75, 3.05) is 7.11 Å². The molecule has 6 heteroatoms. The third kappa shape index (κ3) is 6.46. The zero-order chi connectivity index (χ0) is 13.4. The normalized spacial score (nSPS) is 8.78. The van der Waals surface area contributed by atoms with Gasteiger partial charge in [-0.1, -0.05) is 45.8 Å². The number of benzene rings is 1. The van der Waals surface area contributed by atoms with Crippen LogP contribution in [-0.2, 0) is 0 Å². The predicted octanol–water partition coefficient (Wildman–Crippen LogP) is 1.64. The molecule has 0 bridgehead atoms. The molecule has 2 nitrogen and oxygen atoms in total. The van der Waals surface area contributed by atoms with Crippen molar-refractivity contribution >= 4 is 38.0 Å². The van der Waals surface area contributed by atoms with Gasteiger partial charge in [0.05, 0.1) is 22.7 Å². The average molecular weight is 301 g/mol. The van der Waals surface area contributed by atoms with E-state index in [0.29, 0.717) is 21.4 Å². The molecule has 0 aromatic heterocycles. The average Bonchev–Trinajstić information content (AvgIpc) is 2.31. The molecule has 1 rings (SSSR count). The van der Waals surface area contributed by atoms with Crippen molar-refractivity contribution in [2.24, 2.45) is 0 Å². The van der Waals surface area contributed by atoms with E-state index in [9.17, 15) is 4.79 Å². The van der Waals surface area contributed by atoms with Crippen molar-refractivity contribution in [2.45, 2.75) is 19.8 Å². The first-order chi connectivity index (χ1) is 7.99. The fourth-order valence-electron chi connectivity index (χ4n) is 0.962. The molecule has 18 heavy (non-hydrogen) atoms. The van der Waals surface area contributed by atoms with Crippen LogP contribution in [-0.4, -0.2) is 12.6 Å². The summed E-state index contributed by atoms with van der Waals surface area (Å²) >= 11 is 11.6. The van der Waals surface area contributed by atoms with Gasteiger partial charge in [0.15, 0.2) is 5.52 Å². The van der Waals surface area contributed by atoms with Crippen molar-refractivity contribution in [1.82, 2.24) is 0 Å². The minimum absolute atomic E-state index is 0. The maximum Gasteiger partial charge on any atom is 1.00 e. The van der Waals surface area contributed by atoms with Gasteiger partial charge >= 0.3 is 18.9 Å². The third-order valence-electron chi connectivity index (χ3n) is 1.86. The zero-order valence-corrected chi connectivity index (χ0v) is 13.6. The molecule has 1 unspecified atom stereocenters. The largest absolute Gasteiger partial charge is 1.00 e. The molecule has 0 radical (unpaired) electrons. The first-order valence-electron chi connectivity index (χ1n) is 5.10. The maximum atomic E-state index is 11.1. The summed E-state index contributed by atoms with van der Waals surface area (Å²) in [7, 11) is 3.47. The molecule has 0 heterocycles. The smallest absolute Gasteiger partial charge is 0.494 e. The Morgan fingerprint density at radius 3 is 2.11 bits per heavy atom. The quantitative estimate of drug-likeness (QED) is 0.482. The van der Waals surface area contributed by atoms with Crippen molar-refractivity contribution in [1.29, 1.82) is 0 Å². The first kappa shape index (κ1) is 20.6. The van der Waals surface area contributed by atoms with Crippen molar-refractivity contribution in [3.05, 3.63) is 34.7 Å². The van der Waals surface area contributed by atoms with Crippen LogP contribution in [0, 0.1) is 6.92 Å². The minimum atomic E-state index is -0.246. The molecular weight excluding hydrogens is 285 g/mol. The summed E-state index contributed by atoms with van der Waals surface area (Å²) in [5.74, 6) is 0.314. The second-order valence-electron chi connectivity index (χ2n) is 3.16. The van der Waals surface area contributed by atoms with Gasteiger partial charge in [0.2, 0.25) is 0 Å². The molecule has 0 aliphatic rings. The molecule has 0 spiro atoms. The Morgan fingerprint density at radius 1 is 1.39 bits per heavy atom. The fourth-order valence-corrected chi connectivity index (χ4v) is 1.82. The molecule has 1 aromatic carbocycles. The molecule has 0 saturated carbocycles. The number of hydrogen-bond donors (Lipinski definition) is 0. The molecule has 1 atom stereocenters. The zero-order valence-electron chi connectivity index (χ0n) is 10.9. The number of carbonyl (C=O) groups excluding carboxylic acids is 1. The Bertz CT molecular complexity index is 385.